The van der Waals surface area contributed by atoms with Gasteiger partial charge in [0, 0.05) is 24.8 Å². The fraction of sp³-hybridized carbons (Fsp3) is 0.286. The number of methoxy groups -OCH3 is 1. The van der Waals surface area contributed by atoms with Gasteiger partial charge in [-0.1, -0.05) is 18.2 Å². The second-order valence-corrected chi connectivity index (χ2v) is 4.26. The van der Waals surface area contributed by atoms with E-state index in [0.717, 1.165) is 17.9 Å². The number of hydrogen-bond donors (Lipinski definition) is 1. The molecule has 0 amide bonds. The Bertz CT molecular complexity index is 493. The van der Waals surface area contributed by atoms with E-state index in [1.54, 1.807) is 13.4 Å². The van der Waals surface area contributed by atoms with Crippen molar-refractivity contribution in [2.24, 2.45) is 0 Å². The average Bonchev–Trinajstić information content (AvgIpc) is 2.91. The Kier molecular flexibility index (Phi) is 2.61. The van der Waals surface area contributed by atoms with Crippen molar-refractivity contribution in [3.63, 3.8) is 0 Å². The minimum absolute atomic E-state index is 0.127. The molecule has 0 radical (unpaired) electrons. The van der Waals surface area contributed by atoms with E-state index in [1.807, 2.05) is 24.3 Å². The van der Waals surface area contributed by atoms with E-state index in [-0.39, 0.29) is 12.1 Å². The number of rotatable bonds is 2. The molecule has 3 heteroatoms. The molecule has 3 rings (SSSR count). The largest absolute Gasteiger partial charge is 0.467 e. The van der Waals surface area contributed by atoms with Crippen LogP contribution in [-0.2, 0) is 4.74 Å². The van der Waals surface area contributed by atoms with Crippen molar-refractivity contribution in [2.75, 3.05) is 12.4 Å². The smallest absolute Gasteiger partial charge is 0.126 e. The van der Waals surface area contributed by atoms with Crippen LogP contribution >= 0.6 is 0 Å². The van der Waals surface area contributed by atoms with Crippen LogP contribution in [0.2, 0.25) is 0 Å². The summed E-state index contributed by atoms with van der Waals surface area (Å²) < 4.78 is 11.0. The molecule has 1 aliphatic heterocycles. The molecule has 0 saturated heterocycles. The number of ether oxygens (including phenoxy) is 1. The minimum Gasteiger partial charge on any atom is -0.467 e. The first-order chi connectivity index (χ1) is 8.38. The summed E-state index contributed by atoms with van der Waals surface area (Å²) in [5.41, 5.74) is 2.35. The van der Waals surface area contributed by atoms with Crippen LogP contribution in [0.25, 0.3) is 0 Å². The fourth-order valence-corrected chi connectivity index (χ4v) is 2.40. The Hall–Kier alpha value is -1.74. The molecule has 3 nitrogen and oxygen atoms in total. The third-order valence-corrected chi connectivity index (χ3v) is 3.26. The van der Waals surface area contributed by atoms with Crippen LogP contribution in [0.1, 0.15) is 29.9 Å². The van der Waals surface area contributed by atoms with Crippen molar-refractivity contribution in [2.45, 2.75) is 18.6 Å². The number of benzene rings is 1. The van der Waals surface area contributed by atoms with Crippen molar-refractivity contribution >= 4 is 5.69 Å². The van der Waals surface area contributed by atoms with Gasteiger partial charge in [-0.05, 0) is 18.2 Å². The Balaban J connectivity index is 1.95. The number of furan rings is 1. The molecule has 1 N–H and O–H groups in total. The molecule has 2 heterocycles. The molecule has 0 saturated carbocycles. The number of hydrogen-bond acceptors (Lipinski definition) is 3. The topological polar surface area (TPSA) is 34.4 Å². The van der Waals surface area contributed by atoms with Crippen LogP contribution in [-0.4, -0.2) is 7.11 Å². The second kappa shape index (κ2) is 4.26. The molecule has 17 heavy (non-hydrogen) atoms. The number of anilines is 1. The van der Waals surface area contributed by atoms with Gasteiger partial charge in [-0.3, -0.25) is 0 Å². The molecular weight excluding hydrogens is 214 g/mol. The van der Waals surface area contributed by atoms with E-state index in [1.165, 1.54) is 5.56 Å². The van der Waals surface area contributed by atoms with E-state index < -0.39 is 0 Å². The minimum atomic E-state index is 0.127. The van der Waals surface area contributed by atoms with E-state index in [4.69, 9.17) is 9.15 Å². The number of fused-ring (bicyclic) bond motifs is 1. The molecule has 0 bridgehead atoms. The molecule has 1 aliphatic rings. The molecule has 88 valence electrons. The van der Waals surface area contributed by atoms with Gasteiger partial charge in [-0.15, -0.1) is 0 Å². The SMILES string of the molecule is CO[C@H]1C[C@@H](c2ccco2)Nc2ccccc21. The average molecular weight is 229 g/mol. The van der Waals surface area contributed by atoms with Crippen molar-refractivity contribution in [1.82, 2.24) is 0 Å². The predicted molar refractivity (Wildman–Crippen MR) is 65.9 cm³/mol. The molecule has 1 aromatic heterocycles. The molecule has 1 aromatic carbocycles. The van der Waals surface area contributed by atoms with Crippen LogP contribution < -0.4 is 5.32 Å². The van der Waals surface area contributed by atoms with Gasteiger partial charge >= 0.3 is 0 Å². The van der Waals surface area contributed by atoms with Gasteiger partial charge in [0.25, 0.3) is 0 Å². The van der Waals surface area contributed by atoms with Crippen molar-refractivity contribution in [3.8, 4) is 0 Å². The maximum atomic E-state index is 5.56. The summed E-state index contributed by atoms with van der Waals surface area (Å²) >= 11 is 0. The molecule has 0 unspecified atom stereocenters. The summed E-state index contributed by atoms with van der Waals surface area (Å²) in [6, 6.07) is 12.4. The summed E-state index contributed by atoms with van der Waals surface area (Å²) in [4.78, 5) is 0. The van der Waals surface area contributed by atoms with Gasteiger partial charge in [0.15, 0.2) is 0 Å². The molecule has 2 atom stereocenters. The van der Waals surface area contributed by atoms with Gasteiger partial charge in [0.1, 0.15) is 5.76 Å². The lowest BCUT2D eigenvalue weighted by molar-refractivity contribution is 0.0858. The maximum absolute atomic E-state index is 5.56. The third kappa shape index (κ3) is 1.83. The first-order valence-corrected chi connectivity index (χ1v) is 5.80. The summed E-state index contributed by atoms with van der Waals surface area (Å²) in [6.45, 7) is 0. The van der Waals surface area contributed by atoms with Crippen LogP contribution in [0.5, 0.6) is 0 Å². The zero-order valence-electron chi connectivity index (χ0n) is 9.72. The Morgan fingerprint density at radius 2 is 2.12 bits per heavy atom. The Morgan fingerprint density at radius 1 is 1.24 bits per heavy atom. The van der Waals surface area contributed by atoms with Crippen LogP contribution in [0, 0.1) is 0 Å². The highest BCUT2D eigenvalue weighted by molar-refractivity contribution is 5.55. The van der Waals surface area contributed by atoms with Crippen molar-refractivity contribution in [3.05, 3.63) is 54.0 Å². The van der Waals surface area contributed by atoms with E-state index in [0.29, 0.717) is 0 Å². The van der Waals surface area contributed by atoms with E-state index in [9.17, 15) is 0 Å². The van der Waals surface area contributed by atoms with Gasteiger partial charge in [-0.2, -0.15) is 0 Å². The van der Waals surface area contributed by atoms with E-state index in [2.05, 4.69) is 17.4 Å². The normalized spacial score (nSPS) is 22.9. The molecule has 0 spiro atoms. The number of nitrogens with one attached hydrogen (secondary N) is 1. The summed E-state index contributed by atoms with van der Waals surface area (Å²) in [6.07, 6.45) is 2.72. The third-order valence-electron chi connectivity index (χ3n) is 3.26. The summed E-state index contributed by atoms with van der Waals surface area (Å²) in [7, 11) is 1.76. The molecule has 0 fully saturated rings. The van der Waals surface area contributed by atoms with Crippen LogP contribution in [0.3, 0.4) is 0 Å². The van der Waals surface area contributed by atoms with Crippen LogP contribution in [0.4, 0.5) is 5.69 Å². The highest BCUT2D eigenvalue weighted by Gasteiger charge is 2.28. The number of para-hydroxylation sites is 1. The second-order valence-electron chi connectivity index (χ2n) is 4.26. The monoisotopic (exact) mass is 229 g/mol. The summed E-state index contributed by atoms with van der Waals surface area (Å²) in [5, 5.41) is 3.49. The first-order valence-electron chi connectivity index (χ1n) is 5.80. The molecule has 2 aromatic rings. The lowest BCUT2D eigenvalue weighted by Gasteiger charge is -2.31. The zero-order chi connectivity index (χ0) is 11.7. The van der Waals surface area contributed by atoms with E-state index >= 15 is 0 Å². The lowest BCUT2D eigenvalue weighted by Crippen LogP contribution is -2.22. The van der Waals surface area contributed by atoms with Gasteiger partial charge in [-0.25, -0.2) is 0 Å². The molecular formula is C14H15NO2. The first kappa shape index (κ1) is 10.4. The summed E-state index contributed by atoms with van der Waals surface area (Å²) in [5.74, 6) is 0.960. The fourth-order valence-electron chi connectivity index (χ4n) is 2.40. The van der Waals surface area contributed by atoms with Crippen molar-refractivity contribution < 1.29 is 9.15 Å². The molecule has 0 aliphatic carbocycles. The van der Waals surface area contributed by atoms with Gasteiger partial charge < -0.3 is 14.5 Å². The van der Waals surface area contributed by atoms with Gasteiger partial charge in [0.05, 0.1) is 18.4 Å². The lowest BCUT2D eigenvalue weighted by atomic mass is 9.94. The van der Waals surface area contributed by atoms with Crippen molar-refractivity contribution in [1.29, 1.82) is 0 Å². The highest BCUT2D eigenvalue weighted by Crippen LogP contribution is 2.40. The maximum Gasteiger partial charge on any atom is 0.126 e. The Morgan fingerprint density at radius 3 is 2.88 bits per heavy atom. The quantitative estimate of drug-likeness (QED) is 0.855. The predicted octanol–water partition coefficient (Wildman–Crippen LogP) is 3.52. The van der Waals surface area contributed by atoms with Gasteiger partial charge in [0.2, 0.25) is 0 Å². The Labute approximate surface area is 100 Å². The van der Waals surface area contributed by atoms with Crippen LogP contribution in [0.15, 0.2) is 47.1 Å². The zero-order valence-corrected chi connectivity index (χ0v) is 9.72. The highest BCUT2D eigenvalue weighted by atomic mass is 16.5. The standard InChI is InChI=1S/C14H15NO2/c1-16-14-9-12(13-7-4-8-17-13)15-11-6-3-2-5-10(11)14/h2-8,12,14-15H,9H2,1H3/t12-,14-/m0/s1.